The van der Waals surface area contributed by atoms with E-state index in [1.165, 1.54) is 64.3 Å². The SMILES string of the molecule is CCCC1(C2CC(C)CC(C)C2)CCCCCN1. The minimum atomic E-state index is 0.494. The first-order valence-corrected chi connectivity index (χ1v) is 8.41. The fraction of sp³-hybridized carbons (Fsp3) is 1.00. The van der Waals surface area contributed by atoms with Gasteiger partial charge in [0.15, 0.2) is 0 Å². The summed E-state index contributed by atoms with van der Waals surface area (Å²) in [4.78, 5) is 0. The lowest BCUT2D eigenvalue weighted by Gasteiger charge is -2.46. The molecule has 2 fully saturated rings. The Morgan fingerprint density at radius 2 is 1.72 bits per heavy atom. The third-order valence-corrected chi connectivity index (χ3v) is 5.43. The molecule has 1 saturated heterocycles. The fourth-order valence-electron chi connectivity index (χ4n) is 4.78. The van der Waals surface area contributed by atoms with Crippen molar-refractivity contribution in [1.29, 1.82) is 0 Å². The Morgan fingerprint density at radius 3 is 2.39 bits per heavy atom. The summed E-state index contributed by atoms with van der Waals surface area (Å²) in [6.45, 7) is 8.57. The van der Waals surface area contributed by atoms with E-state index in [1.807, 2.05) is 0 Å². The molecule has 3 unspecified atom stereocenters. The molecule has 1 heteroatoms. The summed E-state index contributed by atoms with van der Waals surface area (Å²) >= 11 is 0. The molecule has 0 aromatic carbocycles. The smallest absolute Gasteiger partial charge is 0.0209 e. The third-order valence-electron chi connectivity index (χ3n) is 5.43. The topological polar surface area (TPSA) is 12.0 Å². The Balaban J connectivity index is 2.11. The van der Waals surface area contributed by atoms with Gasteiger partial charge in [0.1, 0.15) is 0 Å². The summed E-state index contributed by atoms with van der Waals surface area (Å²) in [7, 11) is 0. The molecule has 0 spiro atoms. The Hall–Kier alpha value is -0.0400. The molecule has 0 bridgehead atoms. The van der Waals surface area contributed by atoms with Gasteiger partial charge in [-0.05, 0) is 62.8 Å². The molecule has 2 aliphatic rings. The average Bonchev–Trinajstić information content (AvgIpc) is 2.55. The molecule has 106 valence electrons. The summed E-state index contributed by atoms with van der Waals surface area (Å²) in [6, 6.07) is 0. The van der Waals surface area contributed by atoms with E-state index in [0.717, 1.165) is 17.8 Å². The van der Waals surface area contributed by atoms with Crippen LogP contribution in [0.1, 0.15) is 78.6 Å². The predicted molar refractivity (Wildman–Crippen MR) is 79.8 cm³/mol. The molecular formula is C17H33N. The second-order valence-corrected chi connectivity index (χ2v) is 7.26. The van der Waals surface area contributed by atoms with Crippen LogP contribution >= 0.6 is 0 Å². The third kappa shape index (κ3) is 3.29. The standard InChI is InChI=1S/C17H33N/c1-4-8-17(9-6-5-7-10-18-17)16-12-14(2)11-15(3)13-16/h14-16,18H,4-13H2,1-3H3. The van der Waals surface area contributed by atoms with Crippen LogP contribution in [0.25, 0.3) is 0 Å². The number of rotatable bonds is 3. The lowest BCUT2D eigenvalue weighted by atomic mass is 9.65. The molecule has 1 saturated carbocycles. The van der Waals surface area contributed by atoms with Gasteiger partial charge in [-0.2, -0.15) is 0 Å². The maximum atomic E-state index is 4.01. The van der Waals surface area contributed by atoms with Gasteiger partial charge in [-0.25, -0.2) is 0 Å². The van der Waals surface area contributed by atoms with E-state index in [9.17, 15) is 0 Å². The highest BCUT2D eigenvalue weighted by atomic mass is 15.0. The first-order chi connectivity index (χ1) is 8.66. The van der Waals surface area contributed by atoms with Gasteiger partial charge in [-0.15, -0.1) is 0 Å². The van der Waals surface area contributed by atoms with E-state index in [1.54, 1.807) is 0 Å². The van der Waals surface area contributed by atoms with Crippen molar-refractivity contribution in [3.8, 4) is 0 Å². The van der Waals surface area contributed by atoms with E-state index in [2.05, 4.69) is 26.1 Å². The lowest BCUT2D eigenvalue weighted by molar-refractivity contribution is 0.0941. The van der Waals surface area contributed by atoms with Crippen molar-refractivity contribution in [1.82, 2.24) is 5.32 Å². The zero-order valence-electron chi connectivity index (χ0n) is 12.8. The van der Waals surface area contributed by atoms with Crippen molar-refractivity contribution in [3.63, 3.8) is 0 Å². The highest BCUT2D eigenvalue weighted by Gasteiger charge is 2.40. The zero-order chi connectivity index (χ0) is 13.0. The molecule has 0 aromatic heterocycles. The van der Waals surface area contributed by atoms with Crippen LogP contribution in [-0.4, -0.2) is 12.1 Å². The highest BCUT2D eigenvalue weighted by molar-refractivity contribution is 4.98. The number of hydrogen-bond donors (Lipinski definition) is 1. The Morgan fingerprint density at radius 1 is 1.00 bits per heavy atom. The van der Waals surface area contributed by atoms with Crippen LogP contribution in [-0.2, 0) is 0 Å². The Kier molecular flexibility index (Phi) is 5.12. The van der Waals surface area contributed by atoms with E-state index >= 15 is 0 Å². The fourth-order valence-corrected chi connectivity index (χ4v) is 4.78. The number of hydrogen-bond acceptors (Lipinski definition) is 1. The molecule has 0 radical (unpaired) electrons. The molecule has 0 aromatic rings. The second kappa shape index (κ2) is 6.41. The largest absolute Gasteiger partial charge is 0.311 e. The molecule has 1 nitrogen and oxygen atoms in total. The Bertz CT molecular complexity index is 230. The molecule has 1 aliphatic carbocycles. The van der Waals surface area contributed by atoms with Crippen LogP contribution in [0, 0.1) is 17.8 Å². The molecule has 3 atom stereocenters. The summed E-state index contributed by atoms with van der Waals surface area (Å²) < 4.78 is 0. The zero-order valence-corrected chi connectivity index (χ0v) is 12.8. The van der Waals surface area contributed by atoms with Gasteiger partial charge >= 0.3 is 0 Å². The van der Waals surface area contributed by atoms with Gasteiger partial charge in [0.2, 0.25) is 0 Å². The molecule has 1 N–H and O–H groups in total. The van der Waals surface area contributed by atoms with Crippen molar-refractivity contribution in [2.45, 2.75) is 84.1 Å². The van der Waals surface area contributed by atoms with Gasteiger partial charge < -0.3 is 5.32 Å². The van der Waals surface area contributed by atoms with Gasteiger partial charge in [-0.3, -0.25) is 0 Å². The number of nitrogens with one attached hydrogen (secondary N) is 1. The van der Waals surface area contributed by atoms with Gasteiger partial charge in [-0.1, -0.05) is 40.0 Å². The molecule has 0 amide bonds. The molecule has 1 heterocycles. The molecule has 2 rings (SSSR count). The van der Waals surface area contributed by atoms with Crippen LogP contribution in [0.5, 0.6) is 0 Å². The van der Waals surface area contributed by atoms with E-state index < -0.39 is 0 Å². The maximum absolute atomic E-state index is 4.01. The van der Waals surface area contributed by atoms with E-state index in [4.69, 9.17) is 0 Å². The first-order valence-electron chi connectivity index (χ1n) is 8.41. The minimum Gasteiger partial charge on any atom is -0.311 e. The normalized spacial score (nSPS) is 42.5. The van der Waals surface area contributed by atoms with Crippen molar-refractivity contribution in [3.05, 3.63) is 0 Å². The summed E-state index contributed by atoms with van der Waals surface area (Å²) in [5.74, 6) is 2.82. The van der Waals surface area contributed by atoms with Gasteiger partial charge in [0, 0.05) is 5.54 Å². The lowest BCUT2D eigenvalue weighted by Crippen LogP contribution is -2.52. The van der Waals surface area contributed by atoms with Crippen LogP contribution in [0.15, 0.2) is 0 Å². The van der Waals surface area contributed by atoms with E-state index in [0.29, 0.717) is 5.54 Å². The van der Waals surface area contributed by atoms with Crippen LogP contribution in [0.2, 0.25) is 0 Å². The minimum absolute atomic E-state index is 0.494. The summed E-state index contributed by atoms with van der Waals surface area (Å²) in [5, 5.41) is 4.01. The maximum Gasteiger partial charge on any atom is 0.0209 e. The predicted octanol–water partition coefficient (Wildman–Crippen LogP) is 4.76. The van der Waals surface area contributed by atoms with Crippen LogP contribution in [0.3, 0.4) is 0 Å². The van der Waals surface area contributed by atoms with Gasteiger partial charge in [0.25, 0.3) is 0 Å². The Labute approximate surface area is 114 Å². The van der Waals surface area contributed by atoms with Crippen molar-refractivity contribution in [2.75, 3.05) is 6.54 Å². The second-order valence-electron chi connectivity index (χ2n) is 7.26. The average molecular weight is 251 g/mol. The van der Waals surface area contributed by atoms with Crippen molar-refractivity contribution < 1.29 is 0 Å². The van der Waals surface area contributed by atoms with E-state index in [-0.39, 0.29) is 0 Å². The molecule has 1 aliphatic heterocycles. The monoisotopic (exact) mass is 251 g/mol. The van der Waals surface area contributed by atoms with Gasteiger partial charge in [0.05, 0.1) is 0 Å². The molecular weight excluding hydrogens is 218 g/mol. The van der Waals surface area contributed by atoms with Crippen molar-refractivity contribution >= 4 is 0 Å². The van der Waals surface area contributed by atoms with Crippen LogP contribution in [0.4, 0.5) is 0 Å². The van der Waals surface area contributed by atoms with Crippen molar-refractivity contribution in [2.24, 2.45) is 17.8 Å². The first kappa shape index (κ1) is 14.4. The van der Waals surface area contributed by atoms with Crippen LogP contribution < -0.4 is 5.32 Å². The summed E-state index contributed by atoms with van der Waals surface area (Å²) in [6.07, 6.45) is 12.9. The summed E-state index contributed by atoms with van der Waals surface area (Å²) in [5.41, 5.74) is 0.494. The molecule has 18 heavy (non-hydrogen) atoms. The quantitative estimate of drug-likeness (QED) is 0.762. The highest BCUT2D eigenvalue weighted by Crippen LogP contribution is 2.43.